The molecule has 2 aromatic heterocycles. The Balaban J connectivity index is 1.29. The highest BCUT2D eigenvalue weighted by molar-refractivity contribution is 5.99. The SMILES string of the molecule is C=C(C1CCCC1)N1C[C@H]2CC[C@@H](C1)C2c1cn(C)c2ncc(CC(=O)c3ccc(OC)c(C#N)c3)c(C)c12. The normalized spacial score (nSPS) is 22.8. The third-order valence-electron chi connectivity index (χ3n) is 9.80. The maximum absolute atomic E-state index is 13.3. The van der Waals surface area contributed by atoms with Gasteiger partial charge in [0.15, 0.2) is 5.78 Å². The molecule has 39 heavy (non-hydrogen) atoms. The van der Waals surface area contributed by atoms with Gasteiger partial charge in [-0.2, -0.15) is 5.26 Å². The van der Waals surface area contributed by atoms with Crippen LogP contribution in [-0.4, -0.2) is 40.4 Å². The van der Waals surface area contributed by atoms with E-state index in [9.17, 15) is 10.1 Å². The summed E-state index contributed by atoms with van der Waals surface area (Å²) in [4.78, 5) is 20.8. The number of hydrogen-bond acceptors (Lipinski definition) is 5. The summed E-state index contributed by atoms with van der Waals surface area (Å²) in [5, 5.41) is 10.7. The quantitative estimate of drug-likeness (QED) is 0.340. The minimum absolute atomic E-state index is 0.0188. The second kappa shape index (κ2) is 10.2. The monoisotopic (exact) mass is 522 g/mol. The number of aromatic nitrogens is 2. The fourth-order valence-corrected chi connectivity index (χ4v) is 7.73. The van der Waals surface area contributed by atoms with Crippen LogP contribution in [0.25, 0.3) is 11.0 Å². The molecule has 1 unspecified atom stereocenters. The number of ketones is 1. The molecule has 3 fully saturated rings. The second-order valence-electron chi connectivity index (χ2n) is 11.9. The molecule has 3 aromatic rings. The molecule has 1 aliphatic heterocycles. The molecule has 6 rings (SSSR count). The molecule has 6 nitrogen and oxygen atoms in total. The highest BCUT2D eigenvalue weighted by atomic mass is 16.5. The summed E-state index contributed by atoms with van der Waals surface area (Å²) in [5.74, 6) is 2.92. The number of carbonyl (C=O) groups excluding carboxylic acids is 1. The van der Waals surface area contributed by atoms with Crippen LogP contribution >= 0.6 is 0 Å². The van der Waals surface area contributed by atoms with Crippen LogP contribution < -0.4 is 4.74 Å². The van der Waals surface area contributed by atoms with Gasteiger partial charge in [0.05, 0.1) is 12.7 Å². The summed E-state index contributed by atoms with van der Waals surface area (Å²) < 4.78 is 7.41. The molecule has 0 N–H and O–H groups in total. The Morgan fingerprint density at radius 3 is 2.56 bits per heavy atom. The third kappa shape index (κ3) is 4.42. The standard InChI is InChI=1S/C33H38N4O2/c1-20-27(14-29(38)23-11-12-30(39-4)26(13-23)15-34)16-35-33-31(20)28(19-36(33)3)32-24-9-10-25(32)18-37(17-24)21(2)22-7-5-6-8-22/h11-13,16,19,22,24-25,32H,2,5-10,14,17-18H2,1,3-4H3/t24-,25+,32?. The highest BCUT2D eigenvalue weighted by Gasteiger charge is 2.45. The van der Waals surface area contributed by atoms with Crippen molar-refractivity contribution in [3.05, 3.63) is 70.7 Å². The molecule has 2 bridgehead atoms. The average molecular weight is 523 g/mol. The van der Waals surface area contributed by atoms with Gasteiger partial charge in [0, 0.05) is 55.6 Å². The van der Waals surface area contributed by atoms with Gasteiger partial charge in [0.1, 0.15) is 17.5 Å². The van der Waals surface area contributed by atoms with E-state index in [-0.39, 0.29) is 12.2 Å². The third-order valence-corrected chi connectivity index (χ3v) is 9.80. The van der Waals surface area contributed by atoms with E-state index in [0.717, 1.165) is 29.9 Å². The van der Waals surface area contributed by atoms with Crippen molar-refractivity contribution in [2.24, 2.45) is 24.8 Å². The van der Waals surface area contributed by atoms with Crippen molar-refractivity contribution >= 4 is 16.8 Å². The number of Topliss-reactive ketones (excluding diaryl/α,β-unsaturated/α-hetero) is 1. The van der Waals surface area contributed by atoms with E-state index in [1.165, 1.54) is 62.3 Å². The molecule has 0 spiro atoms. The zero-order valence-electron chi connectivity index (χ0n) is 23.4. The van der Waals surface area contributed by atoms with Gasteiger partial charge in [0.2, 0.25) is 0 Å². The molecule has 2 saturated carbocycles. The second-order valence-corrected chi connectivity index (χ2v) is 11.9. The summed E-state index contributed by atoms with van der Waals surface area (Å²) in [6.07, 6.45) is 12.2. The largest absolute Gasteiger partial charge is 0.495 e. The molecule has 202 valence electrons. The first kappa shape index (κ1) is 25.7. The van der Waals surface area contributed by atoms with Gasteiger partial charge >= 0.3 is 0 Å². The summed E-state index contributed by atoms with van der Waals surface area (Å²) in [6, 6.07) is 7.18. The van der Waals surface area contributed by atoms with E-state index < -0.39 is 0 Å². The molecule has 0 amide bonds. The first-order valence-electron chi connectivity index (χ1n) is 14.4. The van der Waals surface area contributed by atoms with Crippen LogP contribution in [0.3, 0.4) is 0 Å². The number of aryl methyl sites for hydroxylation is 2. The molecule has 1 aromatic carbocycles. The number of carbonyl (C=O) groups is 1. The number of likely N-dealkylation sites (tertiary alicyclic amines) is 1. The number of rotatable bonds is 7. The van der Waals surface area contributed by atoms with Crippen LogP contribution in [0, 0.1) is 36.0 Å². The number of allylic oxidation sites excluding steroid dienone is 1. The van der Waals surface area contributed by atoms with Crippen molar-refractivity contribution in [2.75, 3.05) is 20.2 Å². The number of methoxy groups -OCH3 is 1. The van der Waals surface area contributed by atoms with E-state index in [0.29, 0.717) is 40.5 Å². The van der Waals surface area contributed by atoms with Crippen LogP contribution in [0.15, 0.2) is 42.9 Å². The first-order valence-corrected chi connectivity index (χ1v) is 14.4. The minimum Gasteiger partial charge on any atom is -0.495 e. The van der Waals surface area contributed by atoms with Crippen molar-refractivity contribution in [3.63, 3.8) is 0 Å². The fraction of sp³-hybridized carbons (Fsp3) is 0.485. The lowest BCUT2D eigenvalue weighted by Crippen LogP contribution is -2.41. The maximum atomic E-state index is 13.3. The number of pyridine rings is 1. The number of benzene rings is 1. The van der Waals surface area contributed by atoms with E-state index in [2.05, 4.69) is 42.3 Å². The lowest BCUT2D eigenvalue weighted by atomic mass is 9.78. The van der Waals surface area contributed by atoms with Crippen LogP contribution in [0.5, 0.6) is 5.75 Å². The Kier molecular flexibility index (Phi) is 6.71. The van der Waals surface area contributed by atoms with Gasteiger partial charge in [-0.3, -0.25) is 4.79 Å². The predicted molar refractivity (Wildman–Crippen MR) is 153 cm³/mol. The van der Waals surface area contributed by atoms with E-state index in [1.807, 2.05) is 6.20 Å². The Hall–Kier alpha value is -3.59. The predicted octanol–water partition coefficient (Wildman–Crippen LogP) is 6.32. The number of fused-ring (bicyclic) bond motifs is 3. The maximum Gasteiger partial charge on any atom is 0.167 e. The lowest BCUT2D eigenvalue weighted by Gasteiger charge is -2.41. The minimum atomic E-state index is -0.0188. The molecule has 6 heteroatoms. The fourth-order valence-electron chi connectivity index (χ4n) is 7.73. The van der Waals surface area contributed by atoms with Crippen LogP contribution in [-0.2, 0) is 13.5 Å². The van der Waals surface area contributed by atoms with E-state index >= 15 is 0 Å². The number of nitrogens with zero attached hydrogens (tertiary/aromatic N) is 4. The van der Waals surface area contributed by atoms with Gasteiger partial charge in [-0.05, 0) is 91.2 Å². The zero-order chi connectivity index (χ0) is 27.3. The summed E-state index contributed by atoms with van der Waals surface area (Å²) in [7, 11) is 3.62. The molecule has 3 aliphatic rings. The number of ether oxygens (including phenoxy) is 1. The first-order chi connectivity index (χ1) is 18.9. The highest BCUT2D eigenvalue weighted by Crippen LogP contribution is 2.51. The number of piperidine rings is 1. The number of nitriles is 1. The van der Waals surface area contributed by atoms with Crippen molar-refractivity contribution in [1.29, 1.82) is 5.26 Å². The van der Waals surface area contributed by atoms with Crippen molar-refractivity contribution in [3.8, 4) is 11.8 Å². The van der Waals surface area contributed by atoms with Gasteiger partial charge in [-0.25, -0.2) is 4.98 Å². The Labute approximate surface area is 231 Å². The van der Waals surface area contributed by atoms with Crippen LogP contribution in [0.4, 0.5) is 0 Å². The Morgan fingerprint density at radius 2 is 1.90 bits per heavy atom. The van der Waals surface area contributed by atoms with Gasteiger partial charge in [-0.15, -0.1) is 0 Å². The van der Waals surface area contributed by atoms with Crippen molar-refractivity contribution in [2.45, 2.75) is 57.8 Å². The Morgan fingerprint density at radius 1 is 1.18 bits per heavy atom. The molecule has 1 saturated heterocycles. The summed E-state index contributed by atoms with van der Waals surface area (Å²) >= 11 is 0. The molecular weight excluding hydrogens is 484 g/mol. The molecule has 3 atom stereocenters. The van der Waals surface area contributed by atoms with Gasteiger partial charge < -0.3 is 14.2 Å². The average Bonchev–Trinajstić information content (AvgIpc) is 3.66. The van der Waals surface area contributed by atoms with Gasteiger partial charge in [0.25, 0.3) is 0 Å². The molecule has 2 aliphatic carbocycles. The molecule has 3 heterocycles. The zero-order valence-corrected chi connectivity index (χ0v) is 23.4. The van der Waals surface area contributed by atoms with Crippen LogP contribution in [0.2, 0.25) is 0 Å². The lowest BCUT2D eigenvalue weighted by molar-refractivity contribution is 0.0992. The summed E-state index contributed by atoms with van der Waals surface area (Å²) in [6.45, 7) is 8.92. The Bertz CT molecular complexity index is 1480. The van der Waals surface area contributed by atoms with E-state index in [1.54, 1.807) is 18.2 Å². The summed E-state index contributed by atoms with van der Waals surface area (Å²) in [5.41, 5.74) is 6.78. The molecular formula is C33H38N4O2. The molecule has 0 radical (unpaired) electrons. The van der Waals surface area contributed by atoms with E-state index in [4.69, 9.17) is 9.72 Å². The topological polar surface area (TPSA) is 71.2 Å². The smallest absolute Gasteiger partial charge is 0.167 e. The van der Waals surface area contributed by atoms with Crippen molar-refractivity contribution < 1.29 is 9.53 Å². The van der Waals surface area contributed by atoms with Gasteiger partial charge in [-0.1, -0.05) is 19.4 Å². The number of hydrogen-bond donors (Lipinski definition) is 0. The van der Waals surface area contributed by atoms with Crippen LogP contribution in [0.1, 0.15) is 77.1 Å². The van der Waals surface area contributed by atoms with Crippen molar-refractivity contribution in [1.82, 2.24) is 14.5 Å².